The summed E-state index contributed by atoms with van der Waals surface area (Å²) in [6, 6.07) is 8.06. The number of hydrogen-bond acceptors (Lipinski definition) is 5. The van der Waals surface area contributed by atoms with E-state index < -0.39 is 5.60 Å². The Morgan fingerprint density at radius 1 is 1.10 bits per heavy atom. The highest BCUT2D eigenvalue weighted by atomic mass is 16.5. The number of fused-ring (bicyclic) bond motifs is 1. The average Bonchev–Trinajstić information content (AvgIpc) is 2.72. The smallest absolute Gasteiger partial charge is 0.256 e. The third-order valence-corrected chi connectivity index (χ3v) is 7.74. The molecule has 4 saturated carbocycles. The fourth-order valence-electron chi connectivity index (χ4n) is 7.01. The standard InChI is InChI=1S/C24H29N3O3/c28-22(27-5-7-30-8-6-27)20-14-25-21(19-4-2-1-3-18(19)20)26-23-10-16-9-17(11-23)13-24(29,12-16)15-23/h1-4,14,16-17,29H,5-13,15H2,(H,25,26). The Morgan fingerprint density at radius 3 is 2.50 bits per heavy atom. The van der Waals surface area contributed by atoms with Crippen LogP contribution in [0, 0.1) is 11.8 Å². The van der Waals surface area contributed by atoms with Crippen molar-refractivity contribution < 1.29 is 14.6 Å². The number of amides is 1. The van der Waals surface area contributed by atoms with Gasteiger partial charge in [-0.1, -0.05) is 24.3 Å². The highest BCUT2D eigenvalue weighted by Crippen LogP contribution is 2.58. The predicted molar refractivity (Wildman–Crippen MR) is 114 cm³/mol. The number of aromatic nitrogens is 1. The summed E-state index contributed by atoms with van der Waals surface area (Å²) in [7, 11) is 0. The van der Waals surface area contributed by atoms with Crippen LogP contribution in [0.2, 0.25) is 0 Å². The first kappa shape index (κ1) is 18.6. The normalized spacial score (nSPS) is 35.0. The molecule has 5 aliphatic rings. The third-order valence-electron chi connectivity index (χ3n) is 7.74. The van der Waals surface area contributed by atoms with Crippen LogP contribution < -0.4 is 5.32 Å². The maximum absolute atomic E-state index is 13.2. The summed E-state index contributed by atoms with van der Waals surface area (Å²) in [5.74, 6) is 2.08. The van der Waals surface area contributed by atoms with Crippen LogP contribution in [0.3, 0.4) is 0 Å². The number of pyridine rings is 1. The van der Waals surface area contributed by atoms with Gasteiger partial charge in [0.15, 0.2) is 0 Å². The number of benzene rings is 1. The van der Waals surface area contributed by atoms with Gasteiger partial charge in [-0.3, -0.25) is 4.79 Å². The van der Waals surface area contributed by atoms with E-state index in [-0.39, 0.29) is 11.4 Å². The van der Waals surface area contributed by atoms with Crippen LogP contribution in [0.15, 0.2) is 30.5 Å². The molecular formula is C24H29N3O3. The van der Waals surface area contributed by atoms with Gasteiger partial charge in [-0.05, 0) is 55.7 Å². The van der Waals surface area contributed by atoms with Crippen molar-refractivity contribution >= 4 is 22.5 Å². The zero-order chi connectivity index (χ0) is 20.3. The molecule has 6 nitrogen and oxygen atoms in total. The van der Waals surface area contributed by atoms with Gasteiger partial charge in [0.05, 0.1) is 24.4 Å². The molecule has 30 heavy (non-hydrogen) atoms. The van der Waals surface area contributed by atoms with Crippen molar-refractivity contribution in [3.8, 4) is 0 Å². The van der Waals surface area contributed by atoms with E-state index in [4.69, 9.17) is 9.72 Å². The van der Waals surface area contributed by atoms with E-state index >= 15 is 0 Å². The summed E-state index contributed by atoms with van der Waals surface area (Å²) in [4.78, 5) is 19.8. The summed E-state index contributed by atoms with van der Waals surface area (Å²) < 4.78 is 5.39. The van der Waals surface area contributed by atoms with E-state index in [0.29, 0.717) is 43.7 Å². The Bertz CT molecular complexity index is 986. The van der Waals surface area contributed by atoms with E-state index in [1.165, 1.54) is 6.42 Å². The molecule has 1 amide bonds. The second-order valence-corrected chi connectivity index (χ2v) is 10.1. The minimum atomic E-state index is -0.515. The molecule has 0 radical (unpaired) electrons. The fraction of sp³-hybridized carbons (Fsp3) is 0.583. The predicted octanol–water partition coefficient (Wildman–Crippen LogP) is 3.20. The van der Waals surface area contributed by atoms with Crippen molar-refractivity contribution in [2.24, 2.45) is 11.8 Å². The molecule has 2 heterocycles. The molecule has 1 aliphatic heterocycles. The SMILES string of the molecule is O=C(c1cnc(NC23CC4CC(CC(O)(C4)C2)C3)c2ccccc12)N1CCOCC1. The maximum Gasteiger partial charge on any atom is 0.256 e. The molecule has 2 unspecified atom stereocenters. The van der Waals surface area contributed by atoms with Crippen molar-refractivity contribution in [3.05, 3.63) is 36.0 Å². The van der Waals surface area contributed by atoms with Crippen LogP contribution in [0.1, 0.15) is 48.9 Å². The van der Waals surface area contributed by atoms with Crippen LogP contribution in [0.5, 0.6) is 0 Å². The van der Waals surface area contributed by atoms with Gasteiger partial charge >= 0.3 is 0 Å². The zero-order valence-electron chi connectivity index (χ0n) is 17.3. The number of nitrogens with one attached hydrogen (secondary N) is 1. The first-order valence-electron chi connectivity index (χ1n) is 11.3. The molecule has 1 saturated heterocycles. The number of morpholine rings is 1. The lowest BCUT2D eigenvalue weighted by Gasteiger charge is -2.60. The van der Waals surface area contributed by atoms with Gasteiger partial charge in [-0.2, -0.15) is 0 Å². The largest absolute Gasteiger partial charge is 0.390 e. The Balaban J connectivity index is 1.35. The Morgan fingerprint density at radius 2 is 1.80 bits per heavy atom. The minimum Gasteiger partial charge on any atom is -0.390 e. The monoisotopic (exact) mass is 407 g/mol. The molecule has 2 atom stereocenters. The van der Waals surface area contributed by atoms with Gasteiger partial charge in [0.2, 0.25) is 0 Å². The number of anilines is 1. The van der Waals surface area contributed by atoms with Crippen LogP contribution in [-0.4, -0.2) is 58.3 Å². The molecule has 1 aromatic heterocycles. The van der Waals surface area contributed by atoms with E-state index in [1.807, 2.05) is 23.1 Å². The van der Waals surface area contributed by atoms with Crippen LogP contribution >= 0.6 is 0 Å². The number of rotatable bonds is 3. The third kappa shape index (κ3) is 3.00. The topological polar surface area (TPSA) is 74.7 Å². The number of carbonyl (C=O) groups is 1. The van der Waals surface area contributed by atoms with Crippen molar-refractivity contribution in [3.63, 3.8) is 0 Å². The molecule has 158 valence electrons. The molecule has 4 aliphatic carbocycles. The van der Waals surface area contributed by atoms with E-state index in [1.54, 1.807) is 6.20 Å². The summed E-state index contributed by atoms with van der Waals surface area (Å²) in [6.45, 7) is 2.42. The lowest BCUT2D eigenvalue weighted by atomic mass is 9.51. The maximum atomic E-state index is 13.2. The highest BCUT2D eigenvalue weighted by Gasteiger charge is 2.57. The number of carbonyl (C=O) groups excluding carboxylic acids is 1. The van der Waals surface area contributed by atoms with Gasteiger partial charge < -0.3 is 20.1 Å². The molecule has 0 spiro atoms. The lowest BCUT2D eigenvalue weighted by Crippen LogP contribution is -2.62. The lowest BCUT2D eigenvalue weighted by molar-refractivity contribution is -0.127. The molecule has 4 bridgehead atoms. The quantitative estimate of drug-likeness (QED) is 0.817. The molecule has 7 rings (SSSR count). The van der Waals surface area contributed by atoms with E-state index in [0.717, 1.165) is 48.7 Å². The average molecular weight is 408 g/mol. The fourth-order valence-corrected chi connectivity index (χ4v) is 7.01. The van der Waals surface area contributed by atoms with E-state index in [9.17, 15) is 9.90 Å². The minimum absolute atomic E-state index is 0.0256. The molecule has 2 aromatic rings. The van der Waals surface area contributed by atoms with Crippen molar-refractivity contribution in [2.75, 3.05) is 31.6 Å². The Labute approximate surface area is 176 Å². The summed E-state index contributed by atoms with van der Waals surface area (Å²) >= 11 is 0. The first-order valence-corrected chi connectivity index (χ1v) is 11.3. The molecule has 5 fully saturated rings. The first-order chi connectivity index (χ1) is 14.5. The van der Waals surface area contributed by atoms with Crippen LogP contribution in [0.25, 0.3) is 10.8 Å². The number of hydrogen-bond donors (Lipinski definition) is 2. The molecular weight excluding hydrogens is 378 g/mol. The van der Waals surface area contributed by atoms with Crippen molar-refractivity contribution in [1.82, 2.24) is 9.88 Å². The highest BCUT2D eigenvalue weighted by molar-refractivity contribution is 6.09. The Kier molecular flexibility index (Phi) is 4.12. The van der Waals surface area contributed by atoms with Gasteiger partial charge in [0, 0.05) is 30.2 Å². The van der Waals surface area contributed by atoms with Gasteiger partial charge in [0.1, 0.15) is 5.82 Å². The van der Waals surface area contributed by atoms with Crippen LogP contribution in [0.4, 0.5) is 5.82 Å². The number of ether oxygens (including phenoxy) is 1. The second-order valence-electron chi connectivity index (χ2n) is 10.1. The van der Waals surface area contributed by atoms with Gasteiger partial charge in [0.25, 0.3) is 5.91 Å². The summed E-state index contributed by atoms with van der Waals surface area (Å²) in [5.41, 5.74) is 0.0610. The molecule has 1 aromatic carbocycles. The number of aliphatic hydroxyl groups is 1. The zero-order valence-corrected chi connectivity index (χ0v) is 17.3. The van der Waals surface area contributed by atoms with Crippen LogP contribution in [-0.2, 0) is 4.74 Å². The molecule has 2 N–H and O–H groups in total. The van der Waals surface area contributed by atoms with Gasteiger partial charge in [-0.15, -0.1) is 0 Å². The second kappa shape index (κ2) is 6.66. The Hall–Kier alpha value is -2.18. The van der Waals surface area contributed by atoms with E-state index in [2.05, 4.69) is 11.4 Å². The molecule has 6 heteroatoms. The summed E-state index contributed by atoms with van der Waals surface area (Å²) in [6.07, 6.45) is 7.91. The summed E-state index contributed by atoms with van der Waals surface area (Å²) in [5, 5.41) is 16.8. The number of nitrogens with zero attached hydrogens (tertiary/aromatic N) is 2. The van der Waals surface area contributed by atoms with Crippen molar-refractivity contribution in [1.29, 1.82) is 0 Å². The van der Waals surface area contributed by atoms with Gasteiger partial charge in [-0.25, -0.2) is 4.98 Å². The van der Waals surface area contributed by atoms with Crippen molar-refractivity contribution in [2.45, 2.75) is 49.7 Å².